The number of morpholine rings is 1. The third kappa shape index (κ3) is 3.37. The topological polar surface area (TPSA) is 42.4 Å². The number of fused-ring (bicyclic) bond motifs is 1. The van der Waals surface area contributed by atoms with E-state index in [0.717, 1.165) is 32.2 Å². The zero-order chi connectivity index (χ0) is 18.1. The molecule has 4 rings (SSSR count). The number of halogens is 1. The van der Waals surface area contributed by atoms with Gasteiger partial charge in [0, 0.05) is 28.5 Å². The normalized spacial score (nSPS) is 14.6. The molecule has 2 heterocycles. The number of aryl methyl sites for hydroxylation is 1. The lowest BCUT2D eigenvalue weighted by molar-refractivity contribution is 0.0304. The Hall–Kier alpha value is -2.24. The van der Waals surface area contributed by atoms with Gasteiger partial charge in [-0.15, -0.1) is 0 Å². The minimum Gasteiger partial charge on any atom is -0.378 e. The summed E-state index contributed by atoms with van der Waals surface area (Å²) in [5.41, 5.74) is 4.47. The van der Waals surface area contributed by atoms with Crippen molar-refractivity contribution in [2.24, 2.45) is 0 Å². The summed E-state index contributed by atoms with van der Waals surface area (Å²) < 4.78 is 6.40. The maximum Gasteiger partial charge on any atom is 0.254 e. The van der Waals surface area contributed by atoms with E-state index in [1.165, 1.54) is 0 Å². The lowest BCUT2D eigenvalue weighted by atomic mass is 10.0. The van der Waals surface area contributed by atoms with Gasteiger partial charge in [0.2, 0.25) is 0 Å². The van der Waals surface area contributed by atoms with E-state index in [1.807, 2.05) is 60.4 Å². The summed E-state index contributed by atoms with van der Waals surface area (Å²) in [5, 5.41) is 0.905. The number of hydrogen-bond acceptors (Lipinski definition) is 3. The van der Waals surface area contributed by atoms with Crippen LogP contribution in [-0.2, 0) is 4.74 Å². The van der Waals surface area contributed by atoms with Gasteiger partial charge in [-0.2, -0.15) is 0 Å². The van der Waals surface area contributed by atoms with Gasteiger partial charge < -0.3 is 9.64 Å². The molecule has 3 aromatic rings. The molecule has 0 aliphatic carbocycles. The molecule has 1 aliphatic heterocycles. The van der Waals surface area contributed by atoms with Gasteiger partial charge in [0.1, 0.15) is 0 Å². The highest BCUT2D eigenvalue weighted by Crippen LogP contribution is 2.27. The van der Waals surface area contributed by atoms with Crippen LogP contribution >= 0.6 is 15.9 Å². The van der Waals surface area contributed by atoms with Crippen molar-refractivity contribution in [3.8, 4) is 11.3 Å². The van der Waals surface area contributed by atoms with Crippen LogP contribution in [0, 0.1) is 6.92 Å². The van der Waals surface area contributed by atoms with Crippen molar-refractivity contribution in [3.05, 3.63) is 64.1 Å². The van der Waals surface area contributed by atoms with Crippen molar-refractivity contribution in [3.63, 3.8) is 0 Å². The Morgan fingerprint density at radius 3 is 2.54 bits per heavy atom. The van der Waals surface area contributed by atoms with Gasteiger partial charge in [-0.05, 0) is 37.3 Å². The van der Waals surface area contributed by atoms with E-state index < -0.39 is 0 Å². The number of nitrogens with zero attached hydrogens (tertiary/aromatic N) is 2. The Labute approximate surface area is 160 Å². The predicted molar refractivity (Wildman–Crippen MR) is 106 cm³/mol. The quantitative estimate of drug-likeness (QED) is 0.626. The third-order valence-corrected chi connectivity index (χ3v) is 5.16. The van der Waals surface area contributed by atoms with Gasteiger partial charge in [0.15, 0.2) is 0 Å². The summed E-state index contributed by atoms with van der Waals surface area (Å²) in [4.78, 5) is 19.9. The van der Waals surface area contributed by atoms with E-state index in [4.69, 9.17) is 9.72 Å². The molecule has 1 fully saturated rings. The second kappa shape index (κ2) is 7.17. The smallest absolute Gasteiger partial charge is 0.254 e. The predicted octanol–water partition coefficient (Wildman–Crippen LogP) is 4.45. The molecule has 0 bridgehead atoms. The van der Waals surface area contributed by atoms with E-state index in [2.05, 4.69) is 15.9 Å². The van der Waals surface area contributed by atoms with Crippen molar-refractivity contribution in [2.45, 2.75) is 6.92 Å². The van der Waals surface area contributed by atoms with Crippen molar-refractivity contribution in [1.82, 2.24) is 9.88 Å². The van der Waals surface area contributed by atoms with Gasteiger partial charge in [-0.1, -0.05) is 39.7 Å². The third-order valence-electron chi connectivity index (χ3n) is 4.63. The van der Waals surface area contributed by atoms with Crippen LogP contribution in [0.5, 0.6) is 0 Å². The summed E-state index contributed by atoms with van der Waals surface area (Å²) in [6, 6.07) is 16.0. The molecule has 0 saturated carbocycles. The first kappa shape index (κ1) is 17.2. The van der Waals surface area contributed by atoms with E-state index in [1.54, 1.807) is 0 Å². The molecule has 4 nitrogen and oxygen atoms in total. The average Bonchev–Trinajstić information content (AvgIpc) is 2.68. The SMILES string of the molecule is Cc1ccc2nc(-c3ccc(Br)cc3)cc(C(=O)N3CCOCC3)c2c1. The molecule has 1 saturated heterocycles. The zero-order valence-electron chi connectivity index (χ0n) is 14.5. The Balaban J connectivity index is 1.86. The number of carbonyl (C=O) groups is 1. The fraction of sp³-hybridized carbons (Fsp3) is 0.238. The molecule has 5 heteroatoms. The van der Waals surface area contributed by atoms with Crippen LogP contribution in [0.4, 0.5) is 0 Å². The molecule has 132 valence electrons. The average molecular weight is 411 g/mol. The summed E-state index contributed by atoms with van der Waals surface area (Å²) in [5.74, 6) is 0.0460. The summed E-state index contributed by atoms with van der Waals surface area (Å²) in [6.07, 6.45) is 0. The molecular weight excluding hydrogens is 392 g/mol. The van der Waals surface area contributed by atoms with Gasteiger partial charge in [-0.3, -0.25) is 4.79 Å². The van der Waals surface area contributed by atoms with Crippen molar-refractivity contribution in [2.75, 3.05) is 26.3 Å². The van der Waals surface area contributed by atoms with E-state index >= 15 is 0 Å². The lowest BCUT2D eigenvalue weighted by Gasteiger charge is -2.27. The van der Waals surface area contributed by atoms with Crippen LogP contribution in [0.2, 0.25) is 0 Å². The Kier molecular flexibility index (Phi) is 4.74. The molecule has 26 heavy (non-hydrogen) atoms. The van der Waals surface area contributed by atoms with Crippen molar-refractivity contribution >= 4 is 32.7 Å². The number of benzene rings is 2. The number of amides is 1. The van der Waals surface area contributed by atoms with Gasteiger partial charge >= 0.3 is 0 Å². The molecule has 1 amide bonds. The number of hydrogen-bond donors (Lipinski definition) is 0. The monoisotopic (exact) mass is 410 g/mol. The van der Waals surface area contributed by atoms with Crippen LogP contribution in [0.1, 0.15) is 15.9 Å². The molecule has 2 aromatic carbocycles. The Bertz CT molecular complexity index is 964. The first-order chi connectivity index (χ1) is 12.6. The number of carbonyl (C=O) groups excluding carboxylic acids is 1. The van der Waals surface area contributed by atoms with Gasteiger partial charge in [0.25, 0.3) is 5.91 Å². The summed E-state index contributed by atoms with van der Waals surface area (Å²) in [7, 11) is 0. The molecule has 0 unspecified atom stereocenters. The first-order valence-electron chi connectivity index (χ1n) is 8.66. The van der Waals surface area contributed by atoms with Crippen LogP contribution in [0.3, 0.4) is 0 Å². The number of ether oxygens (including phenoxy) is 1. The van der Waals surface area contributed by atoms with Gasteiger partial charge in [0.05, 0.1) is 30.0 Å². The standard InChI is InChI=1S/C21H19BrN2O2/c1-14-2-7-19-17(12-14)18(21(25)24-8-10-26-11-9-24)13-20(23-19)15-3-5-16(22)6-4-15/h2-7,12-13H,8-11H2,1H3. The number of aromatic nitrogens is 1. The molecular formula is C21H19BrN2O2. The fourth-order valence-electron chi connectivity index (χ4n) is 3.22. The van der Waals surface area contributed by atoms with E-state index in [9.17, 15) is 4.79 Å². The summed E-state index contributed by atoms with van der Waals surface area (Å²) in [6.45, 7) is 4.47. The number of rotatable bonds is 2. The highest BCUT2D eigenvalue weighted by Gasteiger charge is 2.22. The molecule has 0 spiro atoms. The highest BCUT2D eigenvalue weighted by molar-refractivity contribution is 9.10. The maximum atomic E-state index is 13.2. The van der Waals surface area contributed by atoms with Gasteiger partial charge in [-0.25, -0.2) is 4.98 Å². The second-order valence-corrected chi connectivity index (χ2v) is 7.40. The first-order valence-corrected chi connectivity index (χ1v) is 9.45. The van der Waals surface area contributed by atoms with E-state index in [0.29, 0.717) is 31.9 Å². The van der Waals surface area contributed by atoms with Crippen molar-refractivity contribution in [1.29, 1.82) is 0 Å². The largest absolute Gasteiger partial charge is 0.378 e. The minimum atomic E-state index is 0.0460. The van der Waals surface area contributed by atoms with E-state index in [-0.39, 0.29) is 5.91 Å². The van der Waals surface area contributed by atoms with Crippen LogP contribution in [0.15, 0.2) is 53.0 Å². The van der Waals surface area contributed by atoms with Crippen molar-refractivity contribution < 1.29 is 9.53 Å². The lowest BCUT2D eigenvalue weighted by Crippen LogP contribution is -2.40. The number of pyridine rings is 1. The zero-order valence-corrected chi connectivity index (χ0v) is 16.1. The minimum absolute atomic E-state index is 0.0460. The van der Waals surface area contributed by atoms with Crippen LogP contribution in [-0.4, -0.2) is 42.1 Å². The molecule has 1 aromatic heterocycles. The molecule has 1 aliphatic rings. The second-order valence-electron chi connectivity index (χ2n) is 6.49. The molecule has 0 atom stereocenters. The van der Waals surface area contributed by atoms with Crippen LogP contribution < -0.4 is 0 Å². The Morgan fingerprint density at radius 1 is 1.08 bits per heavy atom. The highest BCUT2D eigenvalue weighted by atomic mass is 79.9. The fourth-order valence-corrected chi connectivity index (χ4v) is 3.49. The van der Waals surface area contributed by atoms with Crippen LogP contribution in [0.25, 0.3) is 22.2 Å². The summed E-state index contributed by atoms with van der Waals surface area (Å²) >= 11 is 3.46. The molecule has 0 N–H and O–H groups in total. The molecule has 0 radical (unpaired) electrons. The Morgan fingerprint density at radius 2 is 1.81 bits per heavy atom. The maximum absolute atomic E-state index is 13.2.